The molecule has 0 fully saturated rings. The van der Waals surface area contributed by atoms with Crippen LogP contribution in [0.3, 0.4) is 0 Å². The van der Waals surface area contributed by atoms with Crippen molar-refractivity contribution in [3.63, 3.8) is 0 Å². The van der Waals surface area contributed by atoms with Crippen molar-refractivity contribution in [1.29, 1.82) is 0 Å². The third-order valence-electron chi connectivity index (χ3n) is 3.57. The highest BCUT2D eigenvalue weighted by Gasteiger charge is 2.23. The van der Waals surface area contributed by atoms with E-state index in [0.29, 0.717) is 11.1 Å². The first-order chi connectivity index (χ1) is 10.2. The van der Waals surface area contributed by atoms with Gasteiger partial charge in [-0.25, -0.2) is 9.97 Å². The monoisotopic (exact) mass is 321 g/mol. The van der Waals surface area contributed by atoms with Crippen LogP contribution in [-0.2, 0) is 12.8 Å². The fraction of sp³-hybridized carbons (Fsp3) is 0.333. The third-order valence-corrected chi connectivity index (χ3v) is 4.43. The molecule has 6 heteroatoms. The van der Waals surface area contributed by atoms with Crippen LogP contribution in [0.25, 0.3) is 0 Å². The molecule has 3 rings (SSSR count). The Labute approximate surface area is 133 Å². The largest absolute Gasteiger partial charge is 0.495 e. The summed E-state index contributed by atoms with van der Waals surface area (Å²) in [5.41, 5.74) is 2.56. The van der Waals surface area contributed by atoms with Gasteiger partial charge in [0, 0.05) is 12.2 Å². The van der Waals surface area contributed by atoms with Crippen molar-refractivity contribution in [2.75, 3.05) is 18.7 Å². The number of nitrogens with one attached hydrogen (secondary N) is 1. The number of hydrogen-bond donors (Lipinski definition) is 1. The van der Waals surface area contributed by atoms with E-state index >= 15 is 0 Å². The fourth-order valence-corrected chi connectivity index (χ4v) is 3.23. The van der Waals surface area contributed by atoms with Crippen LogP contribution >= 0.6 is 23.4 Å². The number of ether oxygens (including phenoxy) is 1. The summed E-state index contributed by atoms with van der Waals surface area (Å²) in [6, 6.07) is 6.26. The van der Waals surface area contributed by atoms with Crippen LogP contribution in [0.15, 0.2) is 29.6 Å². The maximum Gasteiger partial charge on any atom is 0.189 e. The molecular weight excluding hydrogens is 306 g/mol. The summed E-state index contributed by atoms with van der Waals surface area (Å²) in [5.74, 6) is 1.60. The van der Waals surface area contributed by atoms with Crippen molar-refractivity contribution in [3.8, 4) is 5.75 Å². The van der Waals surface area contributed by atoms with Crippen LogP contribution in [0.5, 0.6) is 5.75 Å². The van der Waals surface area contributed by atoms with Crippen LogP contribution in [0, 0.1) is 0 Å². The summed E-state index contributed by atoms with van der Waals surface area (Å²) >= 11 is 7.73. The zero-order chi connectivity index (χ0) is 14.8. The van der Waals surface area contributed by atoms with E-state index in [1.54, 1.807) is 13.3 Å². The van der Waals surface area contributed by atoms with E-state index in [1.807, 2.05) is 24.5 Å². The van der Waals surface area contributed by atoms with Gasteiger partial charge >= 0.3 is 0 Å². The molecular formula is C15H16ClN3OS. The number of aromatic nitrogens is 2. The Kier molecular flexibility index (Phi) is 4.22. The van der Waals surface area contributed by atoms with Crippen molar-refractivity contribution >= 4 is 29.2 Å². The van der Waals surface area contributed by atoms with E-state index in [2.05, 4.69) is 15.3 Å². The number of anilines is 1. The molecule has 2 aromatic rings. The molecule has 1 aliphatic carbocycles. The van der Waals surface area contributed by atoms with Crippen LogP contribution < -0.4 is 10.1 Å². The van der Waals surface area contributed by atoms with Gasteiger partial charge in [0.25, 0.3) is 0 Å². The second-order valence-electron chi connectivity index (χ2n) is 4.93. The molecule has 0 saturated heterocycles. The highest BCUT2D eigenvalue weighted by Crippen LogP contribution is 2.33. The van der Waals surface area contributed by atoms with Crippen molar-refractivity contribution < 1.29 is 4.74 Å². The predicted molar refractivity (Wildman–Crippen MR) is 86.6 cm³/mol. The Morgan fingerprint density at radius 3 is 2.81 bits per heavy atom. The van der Waals surface area contributed by atoms with Gasteiger partial charge in [0.1, 0.15) is 11.6 Å². The summed E-state index contributed by atoms with van der Waals surface area (Å²) in [6.45, 7) is 0. The first-order valence-electron chi connectivity index (χ1n) is 6.68. The smallest absolute Gasteiger partial charge is 0.189 e. The standard InChI is InChI=1S/C15H16ClN3OS/c1-20-13-8-10-6-11(5-9(10)7-12(13)16)18-14-3-4-17-15(19-14)21-2/h3-4,7-8,11H,5-6H2,1-2H3,(H,17,18,19). The predicted octanol–water partition coefficient (Wildman–Crippen LogP) is 3.44. The van der Waals surface area contributed by atoms with Crippen molar-refractivity contribution in [2.45, 2.75) is 24.0 Å². The maximum atomic E-state index is 6.19. The number of rotatable bonds is 4. The van der Waals surface area contributed by atoms with Crippen LogP contribution in [0.4, 0.5) is 5.82 Å². The molecule has 0 spiro atoms. The van der Waals surface area contributed by atoms with Gasteiger partial charge in [-0.1, -0.05) is 23.4 Å². The number of methoxy groups -OCH3 is 1. The molecule has 0 saturated carbocycles. The average molecular weight is 322 g/mol. The van der Waals surface area contributed by atoms with E-state index in [1.165, 1.54) is 22.9 Å². The van der Waals surface area contributed by atoms with Crippen LogP contribution in [0.1, 0.15) is 11.1 Å². The second-order valence-corrected chi connectivity index (χ2v) is 6.11. The fourth-order valence-electron chi connectivity index (χ4n) is 2.61. The molecule has 1 atom stereocenters. The number of fused-ring (bicyclic) bond motifs is 1. The van der Waals surface area contributed by atoms with E-state index in [4.69, 9.17) is 16.3 Å². The zero-order valence-corrected chi connectivity index (χ0v) is 13.5. The Bertz CT molecular complexity index is 665. The van der Waals surface area contributed by atoms with Gasteiger partial charge in [0.2, 0.25) is 0 Å². The highest BCUT2D eigenvalue weighted by molar-refractivity contribution is 7.98. The number of benzene rings is 1. The first kappa shape index (κ1) is 14.5. The molecule has 21 heavy (non-hydrogen) atoms. The van der Waals surface area contributed by atoms with Gasteiger partial charge in [0.15, 0.2) is 5.16 Å². The topological polar surface area (TPSA) is 47.0 Å². The zero-order valence-electron chi connectivity index (χ0n) is 11.9. The van der Waals surface area contributed by atoms with Crippen LogP contribution in [0.2, 0.25) is 5.02 Å². The summed E-state index contributed by atoms with van der Waals surface area (Å²) in [4.78, 5) is 8.64. The minimum absolute atomic E-state index is 0.327. The number of halogens is 1. The summed E-state index contributed by atoms with van der Waals surface area (Å²) in [5, 5.41) is 4.92. The molecule has 0 bridgehead atoms. The number of thioether (sulfide) groups is 1. The lowest BCUT2D eigenvalue weighted by molar-refractivity contribution is 0.414. The normalized spacial score (nSPS) is 16.6. The SMILES string of the molecule is COc1cc2c(cc1Cl)CC(Nc1ccnc(SC)n1)C2. The lowest BCUT2D eigenvalue weighted by Gasteiger charge is -2.12. The Morgan fingerprint density at radius 2 is 2.10 bits per heavy atom. The molecule has 110 valence electrons. The van der Waals surface area contributed by atoms with E-state index in [9.17, 15) is 0 Å². The minimum atomic E-state index is 0.327. The summed E-state index contributed by atoms with van der Waals surface area (Å²) in [6.07, 6.45) is 5.64. The van der Waals surface area contributed by atoms with Crippen molar-refractivity contribution in [2.24, 2.45) is 0 Å². The third kappa shape index (κ3) is 3.09. The second kappa shape index (κ2) is 6.12. The van der Waals surface area contributed by atoms with Gasteiger partial charge in [-0.05, 0) is 48.4 Å². The van der Waals surface area contributed by atoms with Gasteiger partial charge in [0.05, 0.1) is 12.1 Å². The summed E-state index contributed by atoms with van der Waals surface area (Å²) in [7, 11) is 1.64. The van der Waals surface area contributed by atoms with Gasteiger partial charge in [-0.3, -0.25) is 0 Å². The summed E-state index contributed by atoms with van der Waals surface area (Å²) < 4.78 is 5.28. The van der Waals surface area contributed by atoms with Gasteiger partial charge < -0.3 is 10.1 Å². The molecule has 0 amide bonds. The Balaban J connectivity index is 1.75. The maximum absolute atomic E-state index is 6.19. The molecule has 1 aromatic heterocycles. The van der Waals surface area contributed by atoms with Gasteiger partial charge in [-0.15, -0.1) is 0 Å². The number of hydrogen-bond acceptors (Lipinski definition) is 5. The van der Waals surface area contributed by atoms with E-state index in [0.717, 1.165) is 29.6 Å². The van der Waals surface area contributed by atoms with E-state index < -0.39 is 0 Å². The van der Waals surface area contributed by atoms with Gasteiger partial charge in [-0.2, -0.15) is 0 Å². The lowest BCUT2D eigenvalue weighted by atomic mass is 10.1. The molecule has 1 unspecified atom stereocenters. The number of nitrogens with zero attached hydrogens (tertiary/aromatic N) is 2. The highest BCUT2D eigenvalue weighted by atomic mass is 35.5. The molecule has 0 radical (unpaired) electrons. The molecule has 1 aliphatic rings. The van der Waals surface area contributed by atoms with Crippen molar-refractivity contribution in [3.05, 3.63) is 40.5 Å². The molecule has 1 aromatic carbocycles. The Morgan fingerprint density at radius 1 is 1.33 bits per heavy atom. The minimum Gasteiger partial charge on any atom is -0.495 e. The average Bonchev–Trinajstić information content (AvgIpc) is 2.87. The van der Waals surface area contributed by atoms with Crippen LogP contribution in [-0.4, -0.2) is 29.4 Å². The van der Waals surface area contributed by atoms with E-state index in [-0.39, 0.29) is 0 Å². The van der Waals surface area contributed by atoms with Crippen molar-refractivity contribution in [1.82, 2.24) is 9.97 Å². The molecule has 0 aliphatic heterocycles. The lowest BCUT2D eigenvalue weighted by Crippen LogP contribution is -2.20. The molecule has 1 N–H and O–H groups in total. The molecule has 1 heterocycles. The quantitative estimate of drug-likeness (QED) is 0.690. The first-order valence-corrected chi connectivity index (χ1v) is 8.28. The Hall–Kier alpha value is -1.46. The molecule has 4 nitrogen and oxygen atoms in total.